The lowest BCUT2D eigenvalue weighted by atomic mass is 10.0. The van der Waals surface area contributed by atoms with Gasteiger partial charge in [0.2, 0.25) is 0 Å². The van der Waals surface area contributed by atoms with E-state index < -0.39 is 97.5 Å². The summed E-state index contributed by atoms with van der Waals surface area (Å²) in [5.74, 6) is -0.750. The lowest BCUT2D eigenvalue weighted by molar-refractivity contribution is -0.161. The van der Waals surface area contributed by atoms with Gasteiger partial charge >= 0.3 is 39.5 Å². The van der Waals surface area contributed by atoms with Crippen LogP contribution in [0, 0.1) is 11.8 Å². The highest BCUT2D eigenvalue weighted by Gasteiger charge is 2.30. The third-order valence-electron chi connectivity index (χ3n) is 12.2. The van der Waals surface area contributed by atoms with Crippen molar-refractivity contribution in [2.45, 2.75) is 272 Å². The van der Waals surface area contributed by atoms with Crippen LogP contribution in [0.3, 0.4) is 0 Å². The summed E-state index contributed by atoms with van der Waals surface area (Å²) >= 11 is 0. The van der Waals surface area contributed by atoms with Gasteiger partial charge in [-0.25, -0.2) is 9.13 Å². The van der Waals surface area contributed by atoms with Crippen LogP contribution >= 0.6 is 15.6 Å². The molecule has 0 fully saturated rings. The van der Waals surface area contributed by atoms with Crippen LogP contribution in [0.25, 0.3) is 0 Å². The molecule has 0 aliphatic rings. The van der Waals surface area contributed by atoms with Crippen LogP contribution in [0.2, 0.25) is 0 Å². The average Bonchev–Trinajstić information content (AvgIpc) is 3.33. The molecule has 19 heteroatoms. The molecule has 3 N–H and O–H groups in total. The Hall–Kier alpha value is -1.94. The molecule has 0 rings (SSSR count). The number of esters is 4. The number of phosphoric acid groups is 2. The van der Waals surface area contributed by atoms with E-state index in [2.05, 4.69) is 41.5 Å². The quantitative estimate of drug-likeness (QED) is 0.0222. The van der Waals surface area contributed by atoms with Crippen molar-refractivity contribution in [3.05, 3.63) is 0 Å². The van der Waals surface area contributed by atoms with Crippen molar-refractivity contribution < 1.29 is 80.2 Å². The fraction of sp³-hybridized carbons (Fsp3) is 0.926. The molecule has 0 aliphatic carbocycles. The summed E-state index contributed by atoms with van der Waals surface area (Å²) in [6.07, 6.45) is 25.9. The van der Waals surface area contributed by atoms with Crippen LogP contribution in [0.1, 0.15) is 253 Å². The molecule has 0 aromatic carbocycles. The van der Waals surface area contributed by atoms with Crippen LogP contribution in [0.4, 0.5) is 0 Å². The Morgan fingerprint density at radius 3 is 0.932 bits per heavy atom. The number of carbonyl (C=O) groups is 4. The van der Waals surface area contributed by atoms with E-state index in [-0.39, 0.29) is 25.7 Å². The molecule has 73 heavy (non-hydrogen) atoms. The van der Waals surface area contributed by atoms with Crippen molar-refractivity contribution in [1.29, 1.82) is 0 Å². The van der Waals surface area contributed by atoms with E-state index in [0.717, 1.165) is 121 Å². The average molecular weight is 1090 g/mol. The lowest BCUT2D eigenvalue weighted by Gasteiger charge is -2.21. The maximum atomic E-state index is 12.9. The van der Waals surface area contributed by atoms with Gasteiger partial charge in [-0.1, -0.05) is 202 Å². The molecular formula is C54H104O17P2. The van der Waals surface area contributed by atoms with Crippen molar-refractivity contribution in [2.24, 2.45) is 11.8 Å². The minimum Gasteiger partial charge on any atom is -0.462 e. The Balaban J connectivity index is 5.18. The second kappa shape index (κ2) is 47.3. The van der Waals surface area contributed by atoms with E-state index in [1.807, 2.05) is 0 Å². The summed E-state index contributed by atoms with van der Waals surface area (Å²) < 4.78 is 67.2. The Morgan fingerprint density at radius 2 is 0.630 bits per heavy atom. The number of rotatable bonds is 53. The zero-order chi connectivity index (χ0) is 54.4. The predicted molar refractivity (Wildman–Crippen MR) is 285 cm³/mol. The topological polar surface area (TPSA) is 237 Å². The highest BCUT2D eigenvalue weighted by molar-refractivity contribution is 7.47. The predicted octanol–water partition coefficient (Wildman–Crippen LogP) is 13.7. The van der Waals surface area contributed by atoms with E-state index in [9.17, 15) is 43.2 Å². The van der Waals surface area contributed by atoms with Crippen LogP contribution in [0.15, 0.2) is 0 Å². The Bertz CT molecular complexity index is 1460. The molecule has 2 unspecified atom stereocenters. The molecule has 0 bridgehead atoms. The number of aliphatic hydroxyl groups excluding tert-OH is 1. The molecule has 0 aromatic heterocycles. The van der Waals surface area contributed by atoms with Gasteiger partial charge in [0, 0.05) is 25.7 Å². The van der Waals surface area contributed by atoms with Gasteiger partial charge < -0.3 is 33.8 Å². The van der Waals surface area contributed by atoms with Crippen LogP contribution in [-0.4, -0.2) is 96.7 Å². The van der Waals surface area contributed by atoms with Gasteiger partial charge in [0.1, 0.15) is 19.3 Å². The number of hydrogen-bond donors (Lipinski definition) is 3. The first kappa shape index (κ1) is 71.1. The highest BCUT2D eigenvalue weighted by Crippen LogP contribution is 2.45. The third kappa shape index (κ3) is 49.4. The fourth-order valence-electron chi connectivity index (χ4n) is 7.76. The number of carbonyl (C=O) groups excluding carboxylic acids is 4. The standard InChI is InChI=1S/C54H104O17P2/c1-7-9-11-13-17-26-32-38-53(58)70-49(42-64-51(56)36-30-22-12-10-8-2)44-68-72(60,61)66-40-48(55)41-67-73(62,63)69-45-50(43-65-52(57)37-31-25-21-20-24-29-35-47(5)6)71-54(59)39-33-27-19-16-14-15-18-23-28-34-46(3)4/h46-50,55H,7-45H2,1-6H3,(H,60,61)(H,62,63)/t48-,49+,50+/m0/s1. The Kier molecular flexibility index (Phi) is 46.0. The molecular weight excluding hydrogens is 983 g/mol. The van der Waals surface area contributed by atoms with Gasteiger partial charge in [0.15, 0.2) is 12.2 Å². The molecule has 0 radical (unpaired) electrons. The SMILES string of the molecule is CCCCCCCCCC(=O)O[C@H](COC(=O)CCCCCCC)COP(=O)(O)OC[C@H](O)COP(=O)(O)OC[C@@H](COC(=O)CCCCCCCCC(C)C)OC(=O)CCCCCCCCCCCC(C)C. The van der Waals surface area contributed by atoms with Crippen molar-refractivity contribution in [3.8, 4) is 0 Å². The van der Waals surface area contributed by atoms with E-state index in [1.165, 1.54) is 44.9 Å². The number of phosphoric ester groups is 2. The van der Waals surface area contributed by atoms with Crippen LogP contribution in [0.5, 0.6) is 0 Å². The molecule has 17 nitrogen and oxygen atoms in total. The first-order valence-electron chi connectivity index (χ1n) is 28.5. The Labute approximate surface area is 441 Å². The van der Waals surface area contributed by atoms with Gasteiger partial charge in [0.05, 0.1) is 26.4 Å². The highest BCUT2D eigenvalue weighted by atomic mass is 31.2. The Morgan fingerprint density at radius 1 is 0.370 bits per heavy atom. The summed E-state index contributed by atoms with van der Waals surface area (Å²) in [6, 6.07) is 0. The largest absolute Gasteiger partial charge is 0.472 e. The molecule has 0 saturated carbocycles. The maximum Gasteiger partial charge on any atom is 0.472 e. The number of ether oxygens (including phenoxy) is 4. The number of hydrogen-bond acceptors (Lipinski definition) is 15. The molecule has 0 aliphatic heterocycles. The first-order chi connectivity index (χ1) is 34.9. The minimum absolute atomic E-state index is 0.102. The third-order valence-corrected chi connectivity index (χ3v) is 14.1. The summed E-state index contributed by atoms with van der Waals surface area (Å²) in [4.78, 5) is 71.3. The van der Waals surface area contributed by atoms with Crippen molar-refractivity contribution in [1.82, 2.24) is 0 Å². The van der Waals surface area contributed by atoms with Crippen LogP contribution in [-0.2, 0) is 65.4 Å². The summed E-state index contributed by atoms with van der Waals surface area (Å²) in [5, 5.41) is 10.4. The molecule has 0 amide bonds. The van der Waals surface area contributed by atoms with Crippen LogP contribution < -0.4 is 0 Å². The van der Waals surface area contributed by atoms with E-state index >= 15 is 0 Å². The van der Waals surface area contributed by atoms with E-state index in [4.69, 9.17) is 37.0 Å². The molecule has 0 saturated heterocycles. The smallest absolute Gasteiger partial charge is 0.462 e. The second-order valence-corrected chi connectivity index (χ2v) is 23.5. The molecule has 5 atom stereocenters. The summed E-state index contributed by atoms with van der Waals surface area (Å²) in [5.41, 5.74) is 0. The number of aliphatic hydroxyl groups is 1. The van der Waals surface area contributed by atoms with Gasteiger partial charge in [-0.15, -0.1) is 0 Å². The van der Waals surface area contributed by atoms with Gasteiger partial charge in [-0.2, -0.15) is 0 Å². The van der Waals surface area contributed by atoms with E-state index in [0.29, 0.717) is 31.6 Å². The van der Waals surface area contributed by atoms with Crippen molar-refractivity contribution in [2.75, 3.05) is 39.6 Å². The van der Waals surface area contributed by atoms with Crippen molar-refractivity contribution in [3.63, 3.8) is 0 Å². The zero-order valence-electron chi connectivity index (χ0n) is 46.4. The fourth-order valence-corrected chi connectivity index (χ4v) is 9.34. The van der Waals surface area contributed by atoms with Gasteiger partial charge in [-0.3, -0.25) is 37.3 Å². The maximum absolute atomic E-state index is 12.9. The number of unbranched alkanes of at least 4 members (excludes halogenated alkanes) is 23. The normalized spacial score (nSPS) is 14.6. The molecule has 0 spiro atoms. The van der Waals surface area contributed by atoms with E-state index in [1.54, 1.807) is 0 Å². The minimum atomic E-state index is -4.93. The lowest BCUT2D eigenvalue weighted by Crippen LogP contribution is -2.30. The van der Waals surface area contributed by atoms with Gasteiger partial charge in [-0.05, 0) is 37.5 Å². The summed E-state index contributed by atoms with van der Waals surface area (Å²) in [7, 11) is -9.85. The molecule has 0 aromatic rings. The first-order valence-corrected chi connectivity index (χ1v) is 31.5. The second-order valence-electron chi connectivity index (χ2n) is 20.6. The molecule has 0 heterocycles. The molecule has 432 valence electrons. The van der Waals surface area contributed by atoms with Crippen molar-refractivity contribution >= 4 is 39.5 Å². The monoisotopic (exact) mass is 1090 g/mol. The summed E-state index contributed by atoms with van der Waals surface area (Å²) in [6.45, 7) is 9.17. The van der Waals surface area contributed by atoms with Gasteiger partial charge in [0.25, 0.3) is 0 Å². The zero-order valence-corrected chi connectivity index (χ0v) is 48.2.